The van der Waals surface area contributed by atoms with Crippen LogP contribution in [0.3, 0.4) is 0 Å². The van der Waals surface area contributed by atoms with Crippen LogP contribution in [-0.2, 0) is 16.1 Å². The summed E-state index contributed by atoms with van der Waals surface area (Å²) < 4.78 is 46.6. The molecule has 8 nitrogen and oxygen atoms in total. The second-order valence-corrected chi connectivity index (χ2v) is 12.4. The van der Waals surface area contributed by atoms with E-state index in [1.165, 1.54) is 17.3 Å². The number of carbonyl (C=O) groups excluding carboxylic acids is 2. The number of likely N-dealkylation sites (tertiary alicyclic amines) is 1. The molecule has 1 aromatic heterocycles. The van der Waals surface area contributed by atoms with Gasteiger partial charge >= 0.3 is 12.1 Å². The Morgan fingerprint density at radius 2 is 1.68 bits per heavy atom. The quantitative estimate of drug-likeness (QED) is 0.307. The van der Waals surface area contributed by atoms with Crippen molar-refractivity contribution in [3.63, 3.8) is 0 Å². The fourth-order valence-corrected chi connectivity index (χ4v) is 5.83. The number of hydrogen-bond acceptors (Lipinski definition) is 7. The molecule has 0 bridgehead atoms. The van der Waals surface area contributed by atoms with Crippen molar-refractivity contribution in [3.05, 3.63) is 72.2 Å². The molecule has 2 aromatic carbocycles. The van der Waals surface area contributed by atoms with Crippen LogP contribution < -0.4 is 10.2 Å². The van der Waals surface area contributed by atoms with E-state index in [0.29, 0.717) is 56.0 Å². The molecular formula is C33H38F3N5O3. The smallest absolute Gasteiger partial charge is 0.404 e. The summed E-state index contributed by atoms with van der Waals surface area (Å²) in [7, 11) is 0. The topological polar surface area (TPSA) is 87.7 Å². The molecule has 2 aliphatic heterocycles. The number of piperidine rings is 1. The molecular weight excluding hydrogens is 571 g/mol. The summed E-state index contributed by atoms with van der Waals surface area (Å²) in [5.74, 6) is -0.203. The fourth-order valence-electron chi connectivity index (χ4n) is 5.83. The predicted molar refractivity (Wildman–Crippen MR) is 162 cm³/mol. The number of ether oxygens (including phenoxy) is 1. The Bertz CT molecular complexity index is 1450. The van der Waals surface area contributed by atoms with Crippen molar-refractivity contribution in [1.82, 2.24) is 14.9 Å². The van der Waals surface area contributed by atoms with Gasteiger partial charge in [0.15, 0.2) is 0 Å². The highest BCUT2D eigenvalue weighted by atomic mass is 19.4. The number of alkyl halides is 3. The largest absolute Gasteiger partial charge is 0.460 e. The van der Waals surface area contributed by atoms with Crippen LogP contribution >= 0.6 is 0 Å². The maximum Gasteiger partial charge on any atom is 0.404 e. The molecule has 44 heavy (non-hydrogen) atoms. The monoisotopic (exact) mass is 609 g/mol. The first kappa shape index (κ1) is 31.4. The number of halogens is 3. The molecule has 1 N–H and O–H groups in total. The number of anilines is 2. The Morgan fingerprint density at radius 3 is 2.32 bits per heavy atom. The zero-order valence-corrected chi connectivity index (χ0v) is 25.2. The molecule has 0 aliphatic carbocycles. The van der Waals surface area contributed by atoms with E-state index >= 15 is 0 Å². The Labute approximate surface area is 255 Å². The van der Waals surface area contributed by atoms with E-state index in [0.717, 1.165) is 11.1 Å². The van der Waals surface area contributed by atoms with Crippen molar-refractivity contribution in [1.29, 1.82) is 0 Å². The van der Waals surface area contributed by atoms with Gasteiger partial charge in [0.1, 0.15) is 23.2 Å². The molecule has 0 spiro atoms. The highest BCUT2D eigenvalue weighted by Crippen LogP contribution is 2.36. The van der Waals surface area contributed by atoms with Gasteiger partial charge in [-0.25, -0.2) is 9.97 Å². The molecule has 2 aliphatic rings. The third-order valence-corrected chi connectivity index (χ3v) is 7.99. The van der Waals surface area contributed by atoms with Crippen LogP contribution in [0.15, 0.2) is 60.9 Å². The van der Waals surface area contributed by atoms with E-state index in [1.54, 1.807) is 12.1 Å². The number of aromatic nitrogens is 2. The molecule has 3 heterocycles. The normalized spacial score (nSPS) is 18.3. The van der Waals surface area contributed by atoms with Gasteiger partial charge < -0.3 is 15.0 Å². The number of amides is 1. The molecule has 2 fully saturated rings. The predicted octanol–water partition coefficient (Wildman–Crippen LogP) is 6.48. The van der Waals surface area contributed by atoms with Gasteiger partial charge in [-0.3, -0.25) is 14.5 Å². The van der Waals surface area contributed by atoms with Crippen LogP contribution in [0.4, 0.5) is 24.7 Å². The van der Waals surface area contributed by atoms with Gasteiger partial charge in [-0.15, -0.1) is 0 Å². The van der Waals surface area contributed by atoms with Crippen molar-refractivity contribution in [3.8, 4) is 11.1 Å². The maximum absolute atomic E-state index is 13.7. The molecule has 2 saturated heterocycles. The van der Waals surface area contributed by atoms with Crippen LogP contribution in [0.25, 0.3) is 11.1 Å². The zero-order valence-electron chi connectivity index (χ0n) is 25.2. The number of rotatable bonds is 7. The van der Waals surface area contributed by atoms with Crippen LogP contribution in [0.5, 0.6) is 0 Å². The van der Waals surface area contributed by atoms with Crippen LogP contribution in [0.1, 0.15) is 62.5 Å². The van der Waals surface area contributed by atoms with Gasteiger partial charge in [-0.2, -0.15) is 13.2 Å². The van der Waals surface area contributed by atoms with Crippen molar-refractivity contribution in [2.45, 2.75) is 70.8 Å². The third-order valence-electron chi connectivity index (χ3n) is 7.99. The first-order valence-corrected chi connectivity index (χ1v) is 15.0. The number of esters is 1. The highest BCUT2D eigenvalue weighted by Gasteiger charge is 2.45. The summed E-state index contributed by atoms with van der Waals surface area (Å²) in [6.45, 7) is 7.26. The minimum Gasteiger partial charge on any atom is -0.460 e. The van der Waals surface area contributed by atoms with E-state index in [1.807, 2.05) is 62.1 Å². The Balaban J connectivity index is 1.26. The third kappa shape index (κ3) is 7.74. The van der Waals surface area contributed by atoms with Crippen LogP contribution in [0.2, 0.25) is 0 Å². The van der Waals surface area contributed by atoms with Gasteiger partial charge in [0.05, 0.1) is 18.3 Å². The molecule has 0 saturated carbocycles. The molecule has 5 rings (SSSR count). The fraction of sp³-hybridized carbons (Fsp3) is 0.455. The average Bonchev–Trinajstić information content (AvgIpc) is 3.46. The Hall–Kier alpha value is -3.99. The second kappa shape index (κ2) is 12.9. The summed E-state index contributed by atoms with van der Waals surface area (Å²) in [5.41, 5.74) is 2.45. The number of nitrogens with one attached hydrogen (secondary N) is 1. The lowest BCUT2D eigenvalue weighted by atomic mass is 9.96. The first-order chi connectivity index (χ1) is 20.9. The standard InChI is InChI=1S/C33H38F3N5O3/c1-32(2,3)44-31(43)23-13-16-40(17-14-23)29-20-37-27(19-38-29)30(42)39-25-11-12-26(22-8-5-4-6-9-22)24(18-25)21-41-15-7-10-28(41)33(34,35)36/h4-6,8-9,11-12,18-20,23,28H,7,10,13-17,21H2,1-3H3,(H,39,42)/t28-/m0/s1. The van der Waals surface area contributed by atoms with E-state index in [4.69, 9.17) is 4.74 Å². The zero-order chi connectivity index (χ0) is 31.5. The minimum atomic E-state index is -4.30. The molecule has 1 amide bonds. The lowest BCUT2D eigenvalue weighted by Crippen LogP contribution is -2.40. The molecule has 11 heteroatoms. The van der Waals surface area contributed by atoms with E-state index < -0.39 is 23.7 Å². The number of hydrogen-bond donors (Lipinski definition) is 1. The van der Waals surface area contributed by atoms with Crippen LogP contribution in [-0.4, -0.2) is 64.2 Å². The summed E-state index contributed by atoms with van der Waals surface area (Å²) in [6.07, 6.45) is 0.491. The maximum atomic E-state index is 13.7. The minimum absolute atomic E-state index is 0.0804. The summed E-state index contributed by atoms with van der Waals surface area (Å²) in [6, 6.07) is 13.3. The van der Waals surface area contributed by atoms with E-state index in [-0.39, 0.29) is 30.5 Å². The molecule has 0 unspecified atom stereocenters. The number of carbonyl (C=O) groups is 2. The highest BCUT2D eigenvalue weighted by molar-refractivity contribution is 6.03. The van der Waals surface area contributed by atoms with Gasteiger partial charge in [-0.1, -0.05) is 36.4 Å². The number of benzene rings is 2. The lowest BCUT2D eigenvalue weighted by Gasteiger charge is -2.33. The molecule has 3 aromatic rings. The van der Waals surface area contributed by atoms with Crippen molar-refractivity contribution >= 4 is 23.4 Å². The number of nitrogens with zero attached hydrogens (tertiary/aromatic N) is 4. The average molecular weight is 610 g/mol. The lowest BCUT2D eigenvalue weighted by molar-refractivity contribution is -0.177. The van der Waals surface area contributed by atoms with Gasteiger partial charge in [0, 0.05) is 25.3 Å². The SMILES string of the molecule is CC(C)(C)OC(=O)C1CCN(c2cnc(C(=O)Nc3ccc(-c4ccccc4)c(CN4CCC[C@H]4C(F)(F)F)c3)cn2)CC1. The Morgan fingerprint density at radius 1 is 0.955 bits per heavy atom. The van der Waals surface area contributed by atoms with Gasteiger partial charge in [0.25, 0.3) is 5.91 Å². The summed E-state index contributed by atoms with van der Waals surface area (Å²) >= 11 is 0. The summed E-state index contributed by atoms with van der Waals surface area (Å²) in [5, 5.41) is 2.83. The molecule has 1 atom stereocenters. The molecule has 234 valence electrons. The Kier molecular flexibility index (Phi) is 9.24. The second-order valence-electron chi connectivity index (χ2n) is 12.4. The van der Waals surface area contributed by atoms with Gasteiger partial charge in [-0.05, 0) is 81.8 Å². The summed E-state index contributed by atoms with van der Waals surface area (Å²) in [4.78, 5) is 37.8. The van der Waals surface area contributed by atoms with Crippen molar-refractivity contribution < 1.29 is 27.5 Å². The molecule has 0 radical (unpaired) electrons. The van der Waals surface area contributed by atoms with E-state index in [9.17, 15) is 22.8 Å². The van der Waals surface area contributed by atoms with Crippen molar-refractivity contribution in [2.75, 3.05) is 29.9 Å². The van der Waals surface area contributed by atoms with Crippen molar-refractivity contribution in [2.24, 2.45) is 5.92 Å². The van der Waals surface area contributed by atoms with E-state index in [2.05, 4.69) is 15.3 Å². The van der Waals surface area contributed by atoms with Crippen LogP contribution in [0, 0.1) is 5.92 Å². The first-order valence-electron chi connectivity index (χ1n) is 15.0. The van der Waals surface area contributed by atoms with Gasteiger partial charge in [0.2, 0.25) is 0 Å².